The lowest BCUT2D eigenvalue weighted by atomic mass is 9.81. The summed E-state index contributed by atoms with van der Waals surface area (Å²) in [5.41, 5.74) is 1.25. The zero-order valence-corrected chi connectivity index (χ0v) is 14.0. The lowest BCUT2D eigenvalue weighted by molar-refractivity contribution is 0.204. The Labute approximate surface area is 128 Å². The highest BCUT2D eigenvalue weighted by Crippen LogP contribution is 2.26. The molecule has 0 aliphatic carbocycles. The van der Waals surface area contributed by atoms with Crippen molar-refractivity contribution in [3.05, 3.63) is 35.9 Å². The molecule has 1 aromatic rings. The molecule has 1 saturated heterocycles. The van der Waals surface area contributed by atoms with Crippen LogP contribution in [0.4, 0.5) is 0 Å². The predicted molar refractivity (Wildman–Crippen MR) is 87.4 cm³/mol. The first-order chi connectivity index (χ1) is 9.86. The average molecular weight is 310 g/mol. The number of benzene rings is 1. The fourth-order valence-electron chi connectivity index (χ4n) is 3.28. The van der Waals surface area contributed by atoms with Crippen LogP contribution in [0.25, 0.3) is 0 Å². The molecule has 0 spiro atoms. The van der Waals surface area contributed by atoms with Crippen LogP contribution in [0.2, 0.25) is 0 Å². The van der Waals surface area contributed by atoms with Gasteiger partial charge < -0.3 is 10.2 Å². The van der Waals surface area contributed by atoms with E-state index in [1.54, 1.807) is 0 Å². The van der Waals surface area contributed by atoms with Crippen LogP contribution in [-0.4, -0.2) is 58.1 Å². The van der Waals surface area contributed by atoms with E-state index in [-0.39, 0.29) is 11.5 Å². The van der Waals surface area contributed by atoms with Gasteiger partial charge in [0.15, 0.2) is 9.84 Å². The molecule has 5 heteroatoms. The van der Waals surface area contributed by atoms with Gasteiger partial charge in [0.2, 0.25) is 0 Å². The first-order valence-electron chi connectivity index (χ1n) is 7.47. The second-order valence-electron chi connectivity index (χ2n) is 6.43. The number of nitrogens with one attached hydrogen (secondary N) is 1. The first-order valence-corrected chi connectivity index (χ1v) is 9.29. The predicted octanol–water partition coefficient (Wildman–Crippen LogP) is 1.28. The normalized spacial score (nSPS) is 24.1. The van der Waals surface area contributed by atoms with Crippen LogP contribution >= 0.6 is 0 Å². The molecular formula is C16H26N2O2S. The average Bonchev–Trinajstić information content (AvgIpc) is 2.80. The maximum absolute atomic E-state index is 11.7. The molecule has 0 saturated carbocycles. The maximum Gasteiger partial charge on any atom is 0.151 e. The summed E-state index contributed by atoms with van der Waals surface area (Å²) < 4.78 is 23.3. The van der Waals surface area contributed by atoms with Crippen LogP contribution < -0.4 is 5.32 Å². The van der Waals surface area contributed by atoms with Crippen LogP contribution in [0.5, 0.6) is 0 Å². The van der Waals surface area contributed by atoms with Crippen LogP contribution in [0, 0.1) is 0 Å². The highest BCUT2D eigenvalue weighted by Gasteiger charge is 2.35. The van der Waals surface area contributed by atoms with Crippen LogP contribution in [0.3, 0.4) is 0 Å². The molecule has 1 aromatic carbocycles. The van der Waals surface area contributed by atoms with E-state index in [1.807, 2.05) is 20.2 Å². The smallest absolute Gasteiger partial charge is 0.151 e. The zero-order chi connectivity index (χ0) is 15.5. The van der Waals surface area contributed by atoms with Gasteiger partial charge in [-0.15, -0.1) is 0 Å². The molecule has 1 N–H and O–H groups in total. The maximum atomic E-state index is 11.7. The largest absolute Gasteiger partial charge is 0.319 e. The summed E-state index contributed by atoms with van der Waals surface area (Å²) in [5, 5.41) is 3.27. The van der Waals surface area contributed by atoms with Gasteiger partial charge in [-0.1, -0.05) is 37.3 Å². The van der Waals surface area contributed by atoms with Gasteiger partial charge in [-0.2, -0.15) is 0 Å². The molecule has 1 aliphatic rings. The Morgan fingerprint density at radius 2 is 2.00 bits per heavy atom. The van der Waals surface area contributed by atoms with E-state index in [0.29, 0.717) is 11.5 Å². The van der Waals surface area contributed by atoms with Crippen molar-refractivity contribution in [2.45, 2.75) is 24.8 Å². The van der Waals surface area contributed by atoms with E-state index in [4.69, 9.17) is 0 Å². The molecule has 0 aromatic heterocycles. The second kappa shape index (κ2) is 6.46. The molecule has 118 valence electrons. The van der Waals surface area contributed by atoms with Crippen LogP contribution in [0.1, 0.15) is 18.9 Å². The fourth-order valence-corrected chi connectivity index (χ4v) is 5.09. The van der Waals surface area contributed by atoms with E-state index in [2.05, 4.69) is 41.4 Å². The summed E-state index contributed by atoms with van der Waals surface area (Å²) in [7, 11) is 1.17. The van der Waals surface area contributed by atoms with E-state index < -0.39 is 9.84 Å². The number of nitrogens with zero attached hydrogens (tertiary/aromatic N) is 1. The van der Waals surface area contributed by atoms with Crippen LogP contribution in [0.15, 0.2) is 30.3 Å². The molecule has 1 fully saturated rings. The third-order valence-corrected chi connectivity index (χ3v) is 6.22. The number of sulfone groups is 1. The lowest BCUT2D eigenvalue weighted by Gasteiger charge is -2.36. The zero-order valence-electron chi connectivity index (χ0n) is 13.2. The number of hydrogen-bond donors (Lipinski definition) is 1. The first kappa shape index (κ1) is 16.5. The van der Waals surface area contributed by atoms with Gasteiger partial charge in [0.1, 0.15) is 0 Å². The summed E-state index contributed by atoms with van der Waals surface area (Å²) in [4.78, 5) is 2.22. The molecule has 21 heavy (non-hydrogen) atoms. The van der Waals surface area contributed by atoms with Crippen molar-refractivity contribution in [1.82, 2.24) is 10.2 Å². The Morgan fingerprint density at radius 3 is 2.52 bits per heavy atom. The molecular weight excluding hydrogens is 284 g/mol. The molecule has 0 bridgehead atoms. The number of rotatable bonds is 6. The second-order valence-corrected chi connectivity index (χ2v) is 8.66. The SMILES string of the molecule is CNCC(C)(CN(C)C1CCS(=O)(=O)C1)c1ccccc1. The molecule has 1 heterocycles. The van der Waals surface area contributed by atoms with Gasteiger partial charge in [-0.25, -0.2) is 8.42 Å². The fraction of sp³-hybridized carbons (Fsp3) is 0.625. The van der Waals surface area contributed by atoms with Gasteiger partial charge in [0.05, 0.1) is 11.5 Å². The number of hydrogen-bond acceptors (Lipinski definition) is 4. The Balaban J connectivity index is 2.13. The van der Waals surface area contributed by atoms with Gasteiger partial charge in [-0.3, -0.25) is 0 Å². The van der Waals surface area contributed by atoms with Gasteiger partial charge in [0, 0.05) is 24.5 Å². The summed E-state index contributed by atoms with van der Waals surface area (Å²) >= 11 is 0. The van der Waals surface area contributed by atoms with Gasteiger partial charge in [0.25, 0.3) is 0 Å². The molecule has 2 unspecified atom stereocenters. The lowest BCUT2D eigenvalue weighted by Crippen LogP contribution is -2.47. The number of likely N-dealkylation sites (N-methyl/N-ethyl adjacent to an activating group) is 2. The Hall–Kier alpha value is -0.910. The van der Waals surface area contributed by atoms with E-state index in [9.17, 15) is 8.42 Å². The van der Waals surface area contributed by atoms with Gasteiger partial charge >= 0.3 is 0 Å². The molecule has 0 radical (unpaired) electrons. The van der Waals surface area contributed by atoms with Crippen molar-refractivity contribution in [1.29, 1.82) is 0 Å². The van der Waals surface area contributed by atoms with Crippen molar-refractivity contribution in [2.75, 3.05) is 38.7 Å². The Kier molecular flexibility index (Phi) is 5.07. The van der Waals surface area contributed by atoms with Crippen LogP contribution in [-0.2, 0) is 15.3 Å². The van der Waals surface area contributed by atoms with Crippen molar-refractivity contribution >= 4 is 9.84 Å². The minimum absolute atomic E-state index is 0.0306. The molecule has 2 atom stereocenters. The summed E-state index contributed by atoms with van der Waals surface area (Å²) in [6.07, 6.45) is 0.753. The minimum Gasteiger partial charge on any atom is -0.319 e. The molecule has 4 nitrogen and oxygen atoms in total. The highest BCUT2D eigenvalue weighted by molar-refractivity contribution is 7.91. The molecule has 2 rings (SSSR count). The third kappa shape index (κ3) is 4.05. The third-order valence-electron chi connectivity index (χ3n) is 4.47. The van der Waals surface area contributed by atoms with Crippen molar-refractivity contribution in [2.24, 2.45) is 0 Å². The van der Waals surface area contributed by atoms with Crippen molar-refractivity contribution < 1.29 is 8.42 Å². The highest BCUT2D eigenvalue weighted by atomic mass is 32.2. The summed E-state index contributed by atoms with van der Waals surface area (Å²) in [6.45, 7) is 3.94. The summed E-state index contributed by atoms with van der Waals surface area (Å²) in [5.74, 6) is 0.629. The molecule has 0 amide bonds. The van der Waals surface area contributed by atoms with E-state index in [0.717, 1.165) is 19.5 Å². The standard InChI is InChI=1S/C16H26N2O2S/c1-16(12-17-2,14-7-5-4-6-8-14)13-18(3)15-9-10-21(19,20)11-15/h4-8,15,17H,9-13H2,1-3H3. The quantitative estimate of drug-likeness (QED) is 0.860. The Bertz CT molecular complexity index is 559. The van der Waals surface area contributed by atoms with E-state index >= 15 is 0 Å². The minimum atomic E-state index is -2.83. The molecule has 1 aliphatic heterocycles. The summed E-state index contributed by atoms with van der Waals surface area (Å²) in [6, 6.07) is 10.6. The van der Waals surface area contributed by atoms with Gasteiger partial charge in [-0.05, 0) is 26.1 Å². The van der Waals surface area contributed by atoms with E-state index in [1.165, 1.54) is 5.56 Å². The Morgan fingerprint density at radius 1 is 1.33 bits per heavy atom. The monoisotopic (exact) mass is 310 g/mol. The van der Waals surface area contributed by atoms with Crippen molar-refractivity contribution in [3.8, 4) is 0 Å². The topological polar surface area (TPSA) is 49.4 Å². The van der Waals surface area contributed by atoms with Crippen molar-refractivity contribution in [3.63, 3.8) is 0 Å².